The maximum atomic E-state index is 13.1. The molecule has 7 heteroatoms. The summed E-state index contributed by atoms with van der Waals surface area (Å²) in [5.41, 5.74) is 3.93. The third kappa shape index (κ3) is 3.57. The van der Waals surface area contributed by atoms with Crippen molar-refractivity contribution in [3.8, 4) is 0 Å². The molecule has 0 atom stereocenters. The van der Waals surface area contributed by atoms with Gasteiger partial charge in [0.1, 0.15) is 0 Å². The van der Waals surface area contributed by atoms with Crippen molar-refractivity contribution in [1.29, 1.82) is 0 Å². The zero-order valence-corrected chi connectivity index (χ0v) is 16.1. The maximum absolute atomic E-state index is 13.1. The van der Waals surface area contributed by atoms with Gasteiger partial charge in [0.05, 0.1) is 4.90 Å². The lowest BCUT2D eigenvalue weighted by atomic mass is 10.0. The lowest BCUT2D eigenvalue weighted by Crippen LogP contribution is -2.48. The number of sulfonamides is 1. The minimum absolute atomic E-state index is 0.0228. The molecule has 142 valence electrons. The minimum Gasteiger partial charge on any atom is -0.369 e. The molecule has 27 heavy (non-hydrogen) atoms. The van der Waals surface area contributed by atoms with Gasteiger partial charge in [-0.05, 0) is 54.8 Å². The molecular formula is C20H23N3O3S. The van der Waals surface area contributed by atoms with Crippen LogP contribution in [-0.4, -0.2) is 44.8 Å². The first-order valence-corrected chi connectivity index (χ1v) is 10.6. The van der Waals surface area contributed by atoms with Crippen LogP contribution in [0.4, 0.5) is 11.4 Å². The number of hydrogen-bond donors (Lipinski definition) is 1. The van der Waals surface area contributed by atoms with Crippen molar-refractivity contribution in [3.63, 3.8) is 0 Å². The van der Waals surface area contributed by atoms with Gasteiger partial charge in [-0.15, -0.1) is 0 Å². The topological polar surface area (TPSA) is 69.7 Å². The van der Waals surface area contributed by atoms with Crippen LogP contribution in [0.2, 0.25) is 0 Å². The van der Waals surface area contributed by atoms with Gasteiger partial charge in [-0.25, -0.2) is 8.42 Å². The Morgan fingerprint density at radius 3 is 2.48 bits per heavy atom. The molecule has 0 unspecified atom stereocenters. The molecule has 2 aliphatic heterocycles. The van der Waals surface area contributed by atoms with Gasteiger partial charge in [-0.2, -0.15) is 4.31 Å². The summed E-state index contributed by atoms with van der Waals surface area (Å²) in [6, 6.07) is 13.3. The van der Waals surface area contributed by atoms with Gasteiger partial charge in [0.2, 0.25) is 15.9 Å². The van der Waals surface area contributed by atoms with Gasteiger partial charge in [0.25, 0.3) is 0 Å². The largest absolute Gasteiger partial charge is 0.369 e. The third-order valence-electron chi connectivity index (χ3n) is 5.22. The average Bonchev–Trinajstić information content (AvgIpc) is 2.67. The number of rotatable bonds is 3. The summed E-state index contributed by atoms with van der Waals surface area (Å²) < 4.78 is 27.7. The number of anilines is 2. The molecule has 2 aliphatic rings. The summed E-state index contributed by atoms with van der Waals surface area (Å²) in [7, 11) is -3.53. The van der Waals surface area contributed by atoms with Crippen LogP contribution in [-0.2, 0) is 21.2 Å². The van der Waals surface area contributed by atoms with Crippen LogP contribution >= 0.6 is 0 Å². The zero-order valence-electron chi connectivity index (χ0n) is 15.3. The van der Waals surface area contributed by atoms with Gasteiger partial charge in [-0.1, -0.05) is 12.1 Å². The quantitative estimate of drug-likeness (QED) is 0.881. The number of carbonyl (C=O) groups is 1. The Hall–Kier alpha value is -2.38. The van der Waals surface area contributed by atoms with Crippen molar-refractivity contribution < 1.29 is 13.2 Å². The molecule has 0 aliphatic carbocycles. The van der Waals surface area contributed by atoms with Crippen molar-refractivity contribution in [2.24, 2.45) is 0 Å². The maximum Gasteiger partial charge on any atom is 0.243 e. The predicted octanol–water partition coefficient (Wildman–Crippen LogP) is 2.39. The van der Waals surface area contributed by atoms with Gasteiger partial charge in [0.15, 0.2) is 0 Å². The summed E-state index contributed by atoms with van der Waals surface area (Å²) in [6.07, 6.45) is 0.970. The van der Waals surface area contributed by atoms with Crippen LogP contribution < -0.4 is 10.2 Å². The summed E-state index contributed by atoms with van der Waals surface area (Å²) in [4.78, 5) is 14.0. The summed E-state index contributed by atoms with van der Waals surface area (Å²) >= 11 is 0. The Balaban J connectivity index is 1.50. The lowest BCUT2D eigenvalue weighted by Gasteiger charge is -2.35. The number of hydrogen-bond acceptors (Lipinski definition) is 4. The fraction of sp³-hybridized carbons (Fsp3) is 0.350. The van der Waals surface area contributed by atoms with E-state index >= 15 is 0 Å². The number of aryl methyl sites for hydroxylation is 2. The number of nitrogens with zero attached hydrogens (tertiary/aromatic N) is 2. The summed E-state index contributed by atoms with van der Waals surface area (Å²) in [5.74, 6) is -0.0228. The Morgan fingerprint density at radius 1 is 0.963 bits per heavy atom. The molecule has 0 saturated carbocycles. The highest BCUT2D eigenvalue weighted by atomic mass is 32.2. The molecule has 2 heterocycles. The Bertz CT molecular complexity index is 980. The van der Waals surface area contributed by atoms with Crippen molar-refractivity contribution >= 4 is 27.3 Å². The van der Waals surface area contributed by atoms with Crippen molar-refractivity contribution in [2.75, 3.05) is 36.4 Å². The molecule has 1 N–H and O–H groups in total. The molecule has 6 nitrogen and oxygen atoms in total. The van der Waals surface area contributed by atoms with Crippen LogP contribution in [0.3, 0.4) is 0 Å². The first-order valence-electron chi connectivity index (χ1n) is 9.18. The number of carbonyl (C=O) groups excluding carboxylic acids is 1. The number of amides is 1. The van der Waals surface area contributed by atoms with Crippen molar-refractivity contribution in [2.45, 2.75) is 24.7 Å². The number of piperazine rings is 1. The summed E-state index contributed by atoms with van der Waals surface area (Å²) in [5, 5.41) is 2.79. The number of fused-ring (bicyclic) bond motifs is 1. The van der Waals surface area contributed by atoms with Gasteiger partial charge < -0.3 is 10.2 Å². The van der Waals surface area contributed by atoms with Crippen molar-refractivity contribution in [1.82, 2.24) is 4.31 Å². The SMILES string of the molecule is Cc1cccc(N2CCN(S(=O)(=O)c3ccc4c(c3)CCC(=O)N4)CC2)c1. The molecule has 4 rings (SSSR count). The van der Waals surface area contributed by atoms with Crippen LogP contribution in [0.5, 0.6) is 0 Å². The van der Waals surface area contributed by atoms with E-state index < -0.39 is 10.0 Å². The fourth-order valence-corrected chi connectivity index (χ4v) is 5.15. The van der Waals surface area contributed by atoms with Crippen molar-refractivity contribution in [3.05, 3.63) is 53.6 Å². The second kappa shape index (κ2) is 6.98. The van der Waals surface area contributed by atoms with Gasteiger partial charge >= 0.3 is 0 Å². The number of benzene rings is 2. The smallest absolute Gasteiger partial charge is 0.243 e. The highest BCUT2D eigenvalue weighted by molar-refractivity contribution is 7.89. The standard InChI is InChI=1S/C20H23N3O3S/c1-15-3-2-4-17(13-15)22-9-11-23(12-10-22)27(25,26)18-6-7-19-16(14-18)5-8-20(24)21-19/h2-4,6-7,13-14H,5,8-12H2,1H3,(H,21,24). The van der Waals surface area contributed by atoms with Crippen LogP contribution in [0.1, 0.15) is 17.5 Å². The zero-order chi connectivity index (χ0) is 19.0. The first-order chi connectivity index (χ1) is 12.9. The Kier molecular flexibility index (Phi) is 4.65. The normalized spacial score (nSPS) is 18.1. The van der Waals surface area contributed by atoms with Crippen LogP contribution in [0, 0.1) is 6.92 Å². The molecule has 1 amide bonds. The summed E-state index contributed by atoms with van der Waals surface area (Å²) in [6.45, 7) is 4.32. The van der Waals surface area contributed by atoms with Gasteiger partial charge in [0, 0.05) is 44.0 Å². The number of nitrogens with one attached hydrogen (secondary N) is 1. The Labute approximate surface area is 159 Å². The van der Waals surface area contributed by atoms with E-state index in [-0.39, 0.29) is 5.91 Å². The molecule has 1 saturated heterocycles. The molecule has 2 aromatic rings. The fourth-order valence-electron chi connectivity index (χ4n) is 3.68. The molecule has 1 fully saturated rings. The predicted molar refractivity (Wildman–Crippen MR) is 106 cm³/mol. The molecule has 0 spiro atoms. The van der Waals surface area contributed by atoms with Crippen LogP contribution in [0.15, 0.2) is 47.4 Å². The molecular weight excluding hydrogens is 362 g/mol. The minimum atomic E-state index is -3.53. The lowest BCUT2D eigenvalue weighted by molar-refractivity contribution is -0.116. The van der Waals surface area contributed by atoms with E-state index in [1.807, 2.05) is 6.07 Å². The highest BCUT2D eigenvalue weighted by Crippen LogP contribution is 2.28. The highest BCUT2D eigenvalue weighted by Gasteiger charge is 2.29. The average molecular weight is 385 g/mol. The van der Waals surface area contributed by atoms with E-state index in [1.165, 1.54) is 5.56 Å². The molecule has 2 aromatic carbocycles. The second-order valence-corrected chi connectivity index (χ2v) is 9.04. The van der Waals surface area contributed by atoms with E-state index in [2.05, 4.69) is 35.3 Å². The second-order valence-electron chi connectivity index (χ2n) is 7.10. The van der Waals surface area contributed by atoms with Gasteiger partial charge in [-0.3, -0.25) is 4.79 Å². The van der Waals surface area contributed by atoms with E-state index in [0.29, 0.717) is 43.9 Å². The van der Waals surface area contributed by atoms with E-state index in [4.69, 9.17) is 0 Å². The molecule has 0 bridgehead atoms. The molecule has 0 aromatic heterocycles. The monoisotopic (exact) mass is 385 g/mol. The van der Waals surface area contributed by atoms with E-state index in [1.54, 1.807) is 22.5 Å². The third-order valence-corrected chi connectivity index (χ3v) is 7.11. The van der Waals surface area contributed by atoms with E-state index in [0.717, 1.165) is 16.9 Å². The first kappa shape index (κ1) is 18.0. The Morgan fingerprint density at radius 2 is 1.74 bits per heavy atom. The molecule has 0 radical (unpaired) electrons. The van der Waals surface area contributed by atoms with Crippen LogP contribution in [0.25, 0.3) is 0 Å². The van der Waals surface area contributed by atoms with E-state index in [9.17, 15) is 13.2 Å².